The van der Waals surface area contributed by atoms with Crippen LogP contribution in [0.3, 0.4) is 0 Å². The SMILES string of the molecule is C#Cc1cccc(OC)c1O. The predicted molar refractivity (Wildman–Crippen MR) is 42.6 cm³/mol. The molecule has 1 aromatic carbocycles. The number of para-hydroxylation sites is 1. The second kappa shape index (κ2) is 2.98. The van der Waals surface area contributed by atoms with Crippen LogP contribution >= 0.6 is 0 Å². The van der Waals surface area contributed by atoms with Crippen molar-refractivity contribution in [2.45, 2.75) is 0 Å². The molecule has 1 rings (SSSR count). The Hall–Kier alpha value is -1.62. The summed E-state index contributed by atoms with van der Waals surface area (Å²) in [5, 5.41) is 9.32. The molecule has 2 nitrogen and oxygen atoms in total. The standard InChI is InChI=1S/C9H8O2/c1-3-7-5-4-6-8(11-2)9(7)10/h1,4-6,10H,2H3. The van der Waals surface area contributed by atoms with E-state index >= 15 is 0 Å². The van der Waals surface area contributed by atoms with Crippen molar-refractivity contribution in [1.29, 1.82) is 0 Å². The summed E-state index contributed by atoms with van der Waals surface area (Å²) in [7, 11) is 1.48. The molecule has 0 fully saturated rings. The first-order valence-electron chi connectivity index (χ1n) is 3.12. The van der Waals surface area contributed by atoms with E-state index in [2.05, 4.69) is 5.92 Å². The van der Waals surface area contributed by atoms with E-state index in [0.29, 0.717) is 11.3 Å². The van der Waals surface area contributed by atoms with Gasteiger partial charge in [-0.15, -0.1) is 6.42 Å². The van der Waals surface area contributed by atoms with Crippen LogP contribution in [0.4, 0.5) is 0 Å². The first-order valence-corrected chi connectivity index (χ1v) is 3.12. The maximum Gasteiger partial charge on any atom is 0.173 e. The van der Waals surface area contributed by atoms with Crippen LogP contribution in [0.1, 0.15) is 5.56 Å². The lowest BCUT2D eigenvalue weighted by molar-refractivity contribution is 0.373. The topological polar surface area (TPSA) is 29.5 Å². The van der Waals surface area contributed by atoms with E-state index in [-0.39, 0.29) is 5.75 Å². The van der Waals surface area contributed by atoms with E-state index in [1.54, 1.807) is 18.2 Å². The van der Waals surface area contributed by atoms with E-state index in [9.17, 15) is 5.11 Å². The number of phenols is 1. The molecule has 2 heteroatoms. The van der Waals surface area contributed by atoms with Gasteiger partial charge in [-0.25, -0.2) is 0 Å². The summed E-state index contributed by atoms with van der Waals surface area (Å²) in [6, 6.07) is 5.03. The molecule has 1 N–H and O–H groups in total. The summed E-state index contributed by atoms with van der Waals surface area (Å²) in [6.07, 6.45) is 5.11. The van der Waals surface area contributed by atoms with E-state index in [1.165, 1.54) is 7.11 Å². The molecule has 1 aromatic rings. The Morgan fingerprint density at radius 3 is 2.82 bits per heavy atom. The lowest BCUT2D eigenvalue weighted by Crippen LogP contribution is -1.84. The zero-order chi connectivity index (χ0) is 8.27. The molecule has 0 bridgehead atoms. The van der Waals surface area contributed by atoms with Gasteiger partial charge in [0, 0.05) is 0 Å². The van der Waals surface area contributed by atoms with Gasteiger partial charge in [0.05, 0.1) is 12.7 Å². The second-order valence-electron chi connectivity index (χ2n) is 2.00. The van der Waals surface area contributed by atoms with Crippen molar-refractivity contribution >= 4 is 0 Å². The van der Waals surface area contributed by atoms with Crippen LogP contribution in [-0.2, 0) is 0 Å². The van der Waals surface area contributed by atoms with Crippen LogP contribution in [0.15, 0.2) is 18.2 Å². The fourth-order valence-electron chi connectivity index (χ4n) is 0.804. The van der Waals surface area contributed by atoms with Crippen molar-refractivity contribution in [2.24, 2.45) is 0 Å². The van der Waals surface area contributed by atoms with Crippen LogP contribution < -0.4 is 4.74 Å². The number of methoxy groups -OCH3 is 1. The molecular formula is C9H8O2. The Bertz CT molecular complexity index is 297. The summed E-state index contributed by atoms with van der Waals surface area (Å²) >= 11 is 0. The van der Waals surface area contributed by atoms with Crippen molar-refractivity contribution in [1.82, 2.24) is 0 Å². The van der Waals surface area contributed by atoms with E-state index < -0.39 is 0 Å². The van der Waals surface area contributed by atoms with Gasteiger partial charge in [-0.1, -0.05) is 12.0 Å². The quantitative estimate of drug-likeness (QED) is 0.610. The maximum absolute atomic E-state index is 9.32. The average Bonchev–Trinajstić information content (AvgIpc) is 2.05. The third kappa shape index (κ3) is 1.27. The van der Waals surface area contributed by atoms with Crippen LogP contribution in [0.25, 0.3) is 0 Å². The van der Waals surface area contributed by atoms with Crippen LogP contribution in [0, 0.1) is 12.3 Å². The minimum absolute atomic E-state index is 0.0255. The van der Waals surface area contributed by atoms with E-state index in [4.69, 9.17) is 11.2 Å². The summed E-state index contributed by atoms with van der Waals surface area (Å²) in [4.78, 5) is 0. The Morgan fingerprint density at radius 1 is 1.55 bits per heavy atom. The second-order valence-corrected chi connectivity index (χ2v) is 2.00. The van der Waals surface area contributed by atoms with Gasteiger partial charge in [-0.3, -0.25) is 0 Å². The molecule has 0 aromatic heterocycles. The molecule has 0 atom stereocenters. The molecule has 0 spiro atoms. The number of terminal acetylenes is 1. The molecule has 0 saturated heterocycles. The maximum atomic E-state index is 9.32. The molecule has 0 aliphatic heterocycles. The number of hydrogen-bond acceptors (Lipinski definition) is 2. The molecule has 0 heterocycles. The summed E-state index contributed by atoms with van der Waals surface area (Å²) in [5.41, 5.74) is 0.448. The summed E-state index contributed by atoms with van der Waals surface area (Å²) in [6.45, 7) is 0. The summed E-state index contributed by atoms with van der Waals surface area (Å²) in [5.74, 6) is 2.77. The smallest absolute Gasteiger partial charge is 0.173 e. The zero-order valence-corrected chi connectivity index (χ0v) is 6.16. The molecule has 0 amide bonds. The molecule has 0 radical (unpaired) electrons. The average molecular weight is 148 g/mol. The van der Waals surface area contributed by atoms with Crippen LogP contribution in [-0.4, -0.2) is 12.2 Å². The Kier molecular flexibility index (Phi) is 2.03. The Balaban J connectivity index is 3.23. The first kappa shape index (κ1) is 7.49. The molecule has 0 unspecified atom stereocenters. The monoisotopic (exact) mass is 148 g/mol. The normalized spacial score (nSPS) is 8.73. The largest absolute Gasteiger partial charge is 0.503 e. The van der Waals surface area contributed by atoms with Crippen LogP contribution in [0.5, 0.6) is 11.5 Å². The molecule has 0 aliphatic rings. The molecule has 56 valence electrons. The molecule has 0 saturated carbocycles. The van der Waals surface area contributed by atoms with Gasteiger partial charge in [-0.2, -0.15) is 0 Å². The van der Waals surface area contributed by atoms with Crippen molar-refractivity contribution < 1.29 is 9.84 Å². The van der Waals surface area contributed by atoms with Gasteiger partial charge in [-0.05, 0) is 12.1 Å². The minimum atomic E-state index is 0.0255. The van der Waals surface area contributed by atoms with Gasteiger partial charge < -0.3 is 9.84 Å². The lowest BCUT2D eigenvalue weighted by Gasteiger charge is -2.02. The van der Waals surface area contributed by atoms with E-state index in [0.717, 1.165) is 0 Å². The van der Waals surface area contributed by atoms with Gasteiger partial charge in [0.2, 0.25) is 0 Å². The Morgan fingerprint density at radius 2 is 2.27 bits per heavy atom. The number of phenolic OH excluding ortho intramolecular Hbond substituents is 1. The third-order valence-electron chi connectivity index (χ3n) is 1.37. The highest BCUT2D eigenvalue weighted by molar-refractivity contribution is 5.52. The van der Waals surface area contributed by atoms with Crippen LogP contribution in [0.2, 0.25) is 0 Å². The van der Waals surface area contributed by atoms with Crippen molar-refractivity contribution in [3.63, 3.8) is 0 Å². The highest BCUT2D eigenvalue weighted by Gasteiger charge is 2.03. The van der Waals surface area contributed by atoms with Gasteiger partial charge in [0.1, 0.15) is 0 Å². The van der Waals surface area contributed by atoms with Crippen molar-refractivity contribution in [3.05, 3.63) is 23.8 Å². The van der Waals surface area contributed by atoms with Gasteiger partial charge in [0.25, 0.3) is 0 Å². The minimum Gasteiger partial charge on any atom is -0.503 e. The zero-order valence-electron chi connectivity index (χ0n) is 6.16. The van der Waals surface area contributed by atoms with Crippen molar-refractivity contribution in [2.75, 3.05) is 7.11 Å². The number of ether oxygens (including phenoxy) is 1. The molecule has 0 aliphatic carbocycles. The number of benzene rings is 1. The fourth-order valence-corrected chi connectivity index (χ4v) is 0.804. The number of aromatic hydroxyl groups is 1. The molecular weight excluding hydrogens is 140 g/mol. The molecule has 11 heavy (non-hydrogen) atoms. The highest BCUT2D eigenvalue weighted by atomic mass is 16.5. The number of rotatable bonds is 1. The summed E-state index contributed by atoms with van der Waals surface area (Å²) < 4.78 is 4.84. The van der Waals surface area contributed by atoms with E-state index in [1.807, 2.05) is 0 Å². The highest BCUT2D eigenvalue weighted by Crippen LogP contribution is 2.28. The fraction of sp³-hybridized carbons (Fsp3) is 0.111. The predicted octanol–water partition coefficient (Wildman–Crippen LogP) is 1.38. The third-order valence-corrected chi connectivity index (χ3v) is 1.37. The van der Waals surface area contributed by atoms with Gasteiger partial charge >= 0.3 is 0 Å². The number of hydrogen-bond donors (Lipinski definition) is 1. The van der Waals surface area contributed by atoms with Crippen molar-refractivity contribution in [3.8, 4) is 23.8 Å². The first-order chi connectivity index (χ1) is 5.29. The Labute approximate surface area is 65.4 Å². The van der Waals surface area contributed by atoms with Gasteiger partial charge in [0.15, 0.2) is 11.5 Å². The lowest BCUT2D eigenvalue weighted by atomic mass is 10.2.